The third-order valence-electron chi connectivity index (χ3n) is 4.61. The molecule has 3 rings (SSSR count). The fourth-order valence-corrected chi connectivity index (χ4v) is 3.87. The summed E-state index contributed by atoms with van der Waals surface area (Å²) in [6, 6.07) is 13.2. The standard InChI is InChI=1S/C22H23FN2O4S/c23-19-5-2-1-4-17(19)15-30-13-11-24-20(26)14-29-22(28)16-7-9-18(10-8-16)25-12-3-6-21(25)27/h1-2,4-5,7-10H,3,6,11-15H2,(H,24,26). The summed E-state index contributed by atoms with van der Waals surface area (Å²) in [5.74, 6) is -0.0103. The Hall–Kier alpha value is -2.87. The van der Waals surface area contributed by atoms with E-state index in [4.69, 9.17) is 4.74 Å². The van der Waals surface area contributed by atoms with Crippen LogP contribution in [0.15, 0.2) is 48.5 Å². The highest BCUT2D eigenvalue weighted by Crippen LogP contribution is 2.21. The first kappa shape index (κ1) is 21.8. The average molecular weight is 431 g/mol. The number of halogens is 1. The van der Waals surface area contributed by atoms with Gasteiger partial charge in [-0.1, -0.05) is 18.2 Å². The Bertz CT molecular complexity index is 904. The van der Waals surface area contributed by atoms with Crippen LogP contribution in [0.3, 0.4) is 0 Å². The number of ether oxygens (including phenoxy) is 1. The second-order valence-corrected chi connectivity index (χ2v) is 7.87. The molecule has 1 aliphatic rings. The highest BCUT2D eigenvalue weighted by Gasteiger charge is 2.21. The first-order valence-electron chi connectivity index (χ1n) is 9.70. The number of hydrogen-bond acceptors (Lipinski definition) is 5. The molecular formula is C22H23FN2O4S. The van der Waals surface area contributed by atoms with E-state index < -0.39 is 11.9 Å². The molecule has 158 valence electrons. The van der Waals surface area contributed by atoms with Crippen molar-refractivity contribution in [1.29, 1.82) is 0 Å². The molecule has 0 unspecified atom stereocenters. The van der Waals surface area contributed by atoms with Crippen molar-refractivity contribution in [2.45, 2.75) is 18.6 Å². The van der Waals surface area contributed by atoms with Crippen molar-refractivity contribution in [3.05, 3.63) is 65.5 Å². The normalized spacial score (nSPS) is 13.4. The molecule has 0 radical (unpaired) electrons. The van der Waals surface area contributed by atoms with Crippen molar-refractivity contribution in [1.82, 2.24) is 5.32 Å². The Morgan fingerprint density at radius 2 is 1.90 bits per heavy atom. The Morgan fingerprint density at radius 1 is 1.13 bits per heavy atom. The average Bonchev–Trinajstić information content (AvgIpc) is 3.19. The van der Waals surface area contributed by atoms with Crippen LogP contribution in [-0.4, -0.2) is 43.2 Å². The van der Waals surface area contributed by atoms with E-state index in [0.29, 0.717) is 42.1 Å². The van der Waals surface area contributed by atoms with Gasteiger partial charge in [-0.25, -0.2) is 9.18 Å². The van der Waals surface area contributed by atoms with Gasteiger partial charge in [-0.05, 0) is 42.3 Å². The van der Waals surface area contributed by atoms with Gasteiger partial charge in [0.2, 0.25) is 5.91 Å². The van der Waals surface area contributed by atoms with Gasteiger partial charge >= 0.3 is 5.97 Å². The van der Waals surface area contributed by atoms with Gasteiger partial charge in [-0.2, -0.15) is 11.8 Å². The van der Waals surface area contributed by atoms with Crippen molar-refractivity contribution in [2.24, 2.45) is 0 Å². The molecule has 2 aromatic carbocycles. The second-order valence-electron chi connectivity index (χ2n) is 6.77. The lowest BCUT2D eigenvalue weighted by molar-refractivity contribution is -0.124. The maximum absolute atomic E-state index is 13.5. The summed E-state index contributed by atoms with van der Waals surface area (Å²) < 4.78 is 18.5. The zero-order valence-electron chi connectivity index (χ0n) is 16.4. The van der Waals surface area contributed by atoms with Crippen molar-refractivity contribution in [3.63, 3.8) is 0 Å². The molecule has 2 amide bonds. The van der Waals surface area contributed by atoms with Gasteiger partial charge in [0.1, 0.15) is 5.82 Å². The minimum atomic E-state index is -0.599. The third-order valence-corrected chi connectivity index (χ3v) is 5.61. The van der Waals surface area contributed by atoms with Crippen LogP contribution in [0, 0.1) is 5.82 Å². The van der Waals surface area contributed by atoms with E-state index in [1.165, 1.54) is 17.8 Å². The number of anilines is 1. The van der Waals surface area contributed by atoms with E-state index in [2.05, 4.69) is 5.32 Å². The number of nitrogens with zero attached hydrogens (tertiary/aromatic N) is 1. The van der Waals surface area contributed by atoms with Crippen LogP contribution in [0.2, 0.25) is 0 Å². The summed E-state index contributed by atoms with van der Waals surface area (Å²) in [6.45, 7) is 0.707. The largest absolute Gasteiger partial charge is 0.452 e. The van der Waals surface area contributed by atoms with Gasteiger partial charge in [-0.3, -0.25) is 9.59 Å². The van der Waals surface area contributed by atoms with Gasteiger partial charge in [0.15, 0.2) is 6.61 Å². The van der Waals surface area contributed by atoms with Crippen LogP contribution in [0.1, 0.15) is 28.8 Å². The summed E-state index contributed by atoms with van der Waals surface area (Å²) in [5, 5.41) is 2.67. The highest BCUT2D eigenvalue weighted by atomic mass is 32.2. The molecule has 1 aliphatic heterocycles. The van der Waals surface area contributed by atoms with Gasteiger partial charge < -0.3 is 15.0 Å². The first-order chi connectivity index (χ1) is 14.5. The van der Waals surface area contributed by atoms with E-state index >= 15 is 0 Å². The Labute approximate surface area is 178 Å². The lowest BCUT2D eigenvalue weighted by Crippen LogP contribution is -2.30. The lowest BCUT2D eigenvalue weighted by Gasteiger charge is -2.15. The molecule has 0 atom stereocenters. The predicted molar refractivity (Wildman–Crippen MR) is 114 cm³/mol. The summed E-state index contributed by atoms with van der Waals surface area (Å²) in [4.78, 5) is 37.4. The van der Waals surface area contributed by atoms with E-state index in [1.54, 1.807) is 47.4 Å². The fourth-order valence-electron chi connectivity index (χ4n) is 3.02. The summed E-state index contributed by atoms with van der Waals surface area (Å²) >= 11 is 1.51. The van der Waals surface area contributed by atoms with Crippen molar-refractivity contribution in [2.75, 3.05) is 30.3 Å². The number of carbonyl (C=O) groups excluding carboxylic acids is 3. The molecule has 0 spiro atoms. The van der Waals surface area contributed by atoms with Gasteiger partial charge in [0.25, 0.3) is 5.91 Å². The molecule has 1 fully saturated rings. The molecule has 1 N–H and O–H groups in total. The zero-order chi connectivity index (χ0) is 21.3. The van der Waals surface area contributed by atoms with Crippen LogP contribution in [0.4, 0.5) is 10.1 Å². The molecule has 0 aromatic heterocycles. The van der Waals surface area contributed by atoms with Crippen LogP contribution in [-0.2, 0) is 20.1 Å². The number of amides is 2. The quantitative estimate of drug-likeness (QED) is 0.489. The predicted octanol–water partition coefficient (Wildman–Crippen LogP) is 3.16. The highest BCUT2D eigenvalue weighted by molar-refractivity contribution is 7.98. The fraction of sp³-hybridized carbons (Fsp3) is 0.318. The van der Waals surface area contributed by atoms with E-state index in [0.717, 1.165) is 12.1 Å². The molecular weight excluding hydrogens is 407 g/mol. The molecule has 1 heterocycles. The number of carbonyl (C=O) groups is 3. The third kappa shape index (κ3) is 6.06. The molecule has 1 saturated heterocycles. The molecule has 8 heteroatoms. The number of esters is 1. The lowest BCUT2D eigenvalue weighted by atomic mass is 10.2. The molecule has 0 saturated carbocycles. The number of thioether (sulfide) groups is 1. The molecule has 6 nitrogen and oxygen atoms in total. The van der Waals surface area contributed by atoms with Crippen molar-refractivity contribution in [3.8, 4) is 0 Å². The van der Waals surface area contributed by atoms with E-state index in [1.807, 2.05) is 0 Å². The maximum Gasteiger partial charge on any atom is 0.338 e. The van der Waals surface area contributed by atoms with Crippen LogP contribution in [0.5, 0.6) is 0 Å². The summed E-state index contributed by atoms with van der Waals surface area (Å²) in [5.41, 5.74) is 1.70. The number of rotatable bonds is 9. The molecule has 30 heavy (non-hydrogen) atoms. The zero-order valence-corrected chi connectivity index (χ0v) is 17.3. The minimum absolute atomic E-state index is 0.0778. The van der Waals surface area contributed by atoms with Crippen LogP contribution < -0.4 is 10.2 Å². The van der Waals surface area contributed by atoms with Gasteiger partial charge in [0.05, 0.1) is 5.56 Å². The first-order valence-corrected chi connectivity index (χ1v) is 10.9. The second kappa shape index (κ2) is 10.8. The molecule has 0 aliphatic carbocycles. The SMILES string of the molecule is O=C(COC(=O)c1ccc(N2CCCC2=O)cc1)NCCSCc1ccccc1F. The Kier molecular flexibility index (Phi) is 7.84. The topological polar surface area (TPSA) is 75.7 Å². The Balaban J connectivity index is 1.33. The minimum Gasteiger partial charge on any atom is -0.452 e. The van der Waals surface area contributed by atoms with Gasteiger partial charge in [-0.15, -0.1) is 0 Å². The number of benzene rings is 2. The van der Waals surface area contributed by atoms with Gasteiger partial charge in [0, 0.05) is 36.7 Å². The summed E-state index contributed by atoms with van der Waals surface area (Å²) in [7, 11) is 0. The van der Waals surface area contributed by atoms with Crippen molar-refractivity contribution >= 4 is 35.2 Å². The van der Waals surface area contributed by atoms with Crippen molar-refractivity contribution < 1.29 is 23.5 Å². The van der Waals surface area contributed by atoms with Crippen LogP contribution >= 0.6 is 11.8 Å². The number of hydrogen-bond donors (Lipinski definition) is 1. The van der Waals surface area contributed by atoms with E-state index in [-0.39, 0.29) is 18.3 Å². The maximum atomic E-state index is 13.5. The molecule has 0 bridgehead atoms. The number of nitrogens with one attached hydrogen (secondary N) is 1. The monoisotopic (exact) mass is 430 g/mol. The Morgan fingerprint density at radius 3 is 2.60 bits per heavy atom. The summed E-state index contributed by atoms with van der Waals surface area (Å²) in [6.07, 6.45) is 1.37. The van der Waals surface area contributed by atoms with E-state index in [9.17, 15) is 18.8 Å². The van der Waals surface area contributed by atoms with Crippen LogP contribution in [0.25, 0.3) is 0 Å². The molecule has 2 aromatic rings. The smallest absolute Gasteiger partial charge is 0.338 e.